The highest BCUT2D eigenvalue weighted by Gasteiger charge is 2.21. The van der Waals surface area contributed by atoms with E-state index in [1.807, 2.05) is 18.2 Å². The van der Waals surface area contributed by atoms with Crippen molar-refractivity contribution in [2.75, 3.05) is 5.32 Å². The van der Waals surface area contributed by atoms with Gasteiger partial charge in [-0.2, -0.15) is 0 Å². The molecule has 1 aliphatic rings. The quantitative estimate of drug-likeness (QED) is 0.330. The minimum atomic E-state index is -0.569. The lowest BCUT2D eigenvalue weighted by atomic mass is 9.84. The maximum absolute atomic E-state index is 12.8. The molecule has 170 valence electrons. The normalized spacial score (nSPS) is 14.9. The highest BCUT2D eigenvalue weighted by molar-refractivity contribution is 5.99. The average Bonchev–Trinajstić information content (AvgIpc) is 2.85. The van der Waals surface area contributed by atoms with E-state index in [0.717, 1.165) is 0 Å². The van der Waals surface area contributed by atoms with Gasteiger partial charge in [0.2, 0.25) is 0 Å². The predicted octanol–water partition coefficient (Wildman–Crippen LogP) is 6.16. The second kappa shape index (κ2) is 10.8. The lowest BCUT2D eigenvalue weighted by Crippen LogP contribution is -2.34. The van der Waals surface area contributed by atoms with E-state index < -0.39 is 6.04 Å². The van der Waals surface area contributed by atoms with Crippen molar-refractivity contribution in [3.05, 3.63) is 89.7 Å². The number of para-hydroxylation sites is 1. The summed E-state index contributed by atoms with van der Waals surface area (Å²) in [6, 6.07) is 17.6. The minimum absolute atomic E-state index is 0.0821. The summed E-state index contributed by atoms with van der Waals surface area (Å²) in [6.45, 7) is 0. The molecule has 1 aliphatic carbocycles. The summed E-state index contributed by atoms with van der Waals surface area (Å²) in [6.07, 6.45) is 9.87. The van der Waals surface area contributed by atoms with Gasteiger partial charge in [-0.05, 0) is 48.6 Å². The molecule has 4 N–H and O–H groups in total. The minimum Gasteiger partial charge on any atom is -0.508 e. The van der Waals surface area contributed by atoms with Crippen molar-refractivity contribution in [1.82, 2.24) is 10.3 Å². The summed E-state index contributed by atoms with van der Waals surface area (Å²) in [4.78, 5) is 16.9. The summed E-state index contributed by atoms with van der Waals surface area (Å²) in [5.41, 5.74) is 3.61. The Balaban J connectivity index is 1.44. The Morgan fingerprint density at radius 2 is 1.79 bits per heavy atom. The smallest absolute Gasteiger partial charge is 0.319 e. The average molecular weight is 443 g/mol. The van der Waals surface area contributed by atoms with Crippen molar-refractivity contribution in [1.29, 1.82) is 5.41 Å². The number of aromatic nitrogens is 1. The molecule has 1 atom stereocenters. The van der Waals surface area contributed by atoms with Crippen LogP contribution in [0.3, 0.4) is 0 Å². The van der Waals surface area contributed by atoms with Gasteiger partial charge in [0.1, 0.15) is 5.75 Å². The number of rotatable bonds is 7. The topological polar surface area (TPSA) is 98.1 Å². The van der Waals surface area contributed by atoms with E-state index in [1.165, 1.54) is 37.7 Å². The number of pyridine rings is 1. The van der Waals surface area contributed by atoms with Crippen molar-refractivity contribution < 1.29 is 9.90 Å². The first-order valence-corrected chi connectivity index (χ1v) is 11.5. The second-order valence-corrected chi connectivity index (χ2v) is 8.59. The Bertz CT molecular complexity index is 1080. The van der Waals surface area contributed by atoms with Crippen LogP contribution in [-0.2, 0) is 0 Å². The van der Waals surface area contributed by atoms with Gasteiger partial charge in [-0.15, -0.1) is 0 Å². The molecule has 0 aliphatic heterocycles. The number of nitrogens with one attached hydrogen (secondary N) is 3. The number of anilines is 1. The number of nitrogens with zero attached hydrogens (tertiary/aromatic N) is 1. The Hall–Kier alpha value is -3.67. The summed E-state index contributed by atoms with van der Waals surface area (Å²) < 4.78 is 0. The first-order chi connectivity index (χ1) is 16.1. The van der Waals surface area contributed by atoms with E-state index in [4.69, 9.17) is 5.41 Å². The number of urea groups is 1. The van der Waals surface area contributed by atoms with Crippen LogP contribution in [0.2, 0.25) is 0 Å². The number of carbonyl (C=O) groups excluding carboxylic acids is 1. The highest BCUT2D eigenvalue weighted by atomic mass is 16.3. The third kappa shape index (κ3) is 5.98. The standard InChI is InChI=1S/C27H30N4O2/c28-24(21-9-6-16-29-18-21)17-25(23-10-4-5-11-26(23)32)31-27(33)30-22-14-12-20(13-15-22)19-7-2-1-3-8-19/h4-6,9-16,18-19,25,28,32H,1-3,7-8,17H2,(H2,30,31,33). The van der Waals surface area contributed by atoms with E-state index in [1.54, 1.807) is 42.7 Å². The van der Waals surface area contributed by atoms with Crippen LogP contribution in [0.5, 0.6) is 5.75 Å². The lowest BCUT2D eigenvalue weighted by Gasteiger charge is -2.22. The van der Waals surface area contributed by atoms with E-state index in [2.05, 4.69) is 27.8 Å². The predicted molar refractivity (Wildman–Crippen MR) is 131 cm³/mol. The zero-order valence-electron chi connectivity index (χ0n) is 18.6. The number of carbonyl (C=O) groups is 1. The summed E-state index contributed by atoms with van der Waals surface area (Å²) in [7, 11) is 0. The number of phenols is 1. The molecule has 6 heteroatoms. The van der Waals surface area contributed by atoms with Crippen LogP contribution in [0.25, 0.3) is 0 Å². The van der Waals surface area contributed by atoms with E-state index >= 15 is 0 Å². The fourth-order valence-electron chi connectivity index (χ4n) is 4.48. The van der Waals surface area contributed by atoms with Crippen molar-refractivity contribution >= 4 is 17.4 Å². The van der Waals surface area contributed by atoms with Crippen molar-refractivity contribution in [2.24, 2.45) is 0 Å². The Labute approximate surface area is 194 Å². The Kier molecular flexibility index (Phi) is 7.35. The Morgan fingerprint density at radius 1 is 1.03 bits per heavy atom. The first kappa shape index (κ1) is 22.5. The molecule has 1 aromatic heterocycles. The van der Waals surface area contributed by atoms with Crippen LogP contribution in [0.15, 0.2) is 73.1 Å². The number of aromatic hydroxyl groups is 1. The van der Waals surface area contributed by atoms with Gasteiger partial charge >= 0.3 is 6.03 Å². The lowest BCUT2D eigenvalue weighted by molar-refractivity contribution is 0.248. The van der Waals surface area contributed by atoms with E-state index in [0.29, 0.717) is 28.4 Å². The fraction of sp³-hybridized carbons (Fsp3) is 0.296. The number of benzene rings is 2. The third-order valence-corrected chi connectivity index (χ3v) is 6.28. The van der Waals surface area contributed by atoms with Gasteiger partial charge in [-0.3, -0.25) is 4.98 Å². The van der Waals surface area contributed by atoms with Gasteiger partial charge < -0.3 is 21.1 Å². The number of hydrogen-bond donors (Lipinski definition) is 4. The van der Waals surface area contributed by atoms with E-state index in [-0.39, 0.29) is 18.2 Å². The van der Waals surface area contributed by atoms with Gasteiger partial charge in [-0.1, -0.05) is 55.7 Å². The molecule has 3 aromatic rings. The largest absolute Gasteiger partial charge is 0.508 e. The molecule has 1 unspecified atom stereocenters. The fourth-order valence-corrected chi connectivity index (χ4v) is 4.48. The van der Waals surface area contributed by atoms with Crippen LogP contribution in [0.4, 0.5) is 10.5 Å². The van der Waals surface area contributed by atoms with Gasteiger partial charge in [0.25, 0.3) is 0 Å². The molecule has 1 fully saturated rings. The molecular weight excluding hydrogens is 412 g/mol. The van der Waals surface area contributed by atoms with Crippen molar-refractivity contribution in [3.8, 4) is 5.75 Å². The molecule has 2 amide bonds. The maximum atomic E-state index is 12.8. The molecule has 4 rings (SSSR count). The molecule has 1 heterocycles. The van der Waals surface area contributed by atoms with Crippen LogP contribution < -0.4 is 10.6 Å². The molecule has 0 spiro atoms. The first-order valence-electron chi connectivity index (χ1n) is 11.5. The highest BCUT2D eigenvalue weighted by Crippen LogP contribution is 2.33. The SMILES string of the molecule is N=C(CC(NC(=O)Nc1ccc(C2CCCCC2)cc1)c1ccccc1O)c1cccnc1. The summed E-state index contributed by atoms with van der Waals surface area (Å²) in [5.74, 6) is 0.698. The zero-order valence-corrected chi connectivity index (χ0v) is 18.6. The molecule has 33 heavy (non-hydrogen) atoms. The van der Waals surface area contributed by atoms with Gasteiger partial charge in [0, 0.05) is 41.3 Å². The summed E-state index contributed by atoms with van der Waals surface area (Å²) in [5, 5.41) is 24.7. The molecule has 1 saturated carbocycles. The van der Waals surface area contributed by atoms with Crippen molar-refractivity contribution in [3.63, 3.8) is 0 Å². The second-order valence-electron chi connectivity index (χ2n) is 8.59. The molecule has 0 bridgehead atoms. The maximum Gasteiger partial charge on any atom is 0.319 e. The third-order valence-electron chi connectivity index (χ3n) is 6.28. The van der Waals surface area contributed by atoms with E-state index in [9.17, 15) is 9.90 Å². The molecule has 0 radical (unpaired) electrons. The molecular formula is C27H30N4O2. The molecule has 2 aromatic carbocycles. The van der Waals surface area contributed by atoms with Crippen LogP contribution >= 0.6 is 0 Å². The molecule has 6 nitrogen and oxygen atoms in total. The van der Waals surface area contributed by atoms with Gasteiger partial charge in [0.15, 0.2) is 0 Å². The zero-order chi connectivity index (χ0) is 23.0. The van der Waals surface area contributed by atoms with Crippen LogP contribution in [-0.4, -0.2) is 21.8 Å². The number of amides is 2. The van der Waals surface area contributed by atoms with Gasteiger partial charge in [-0.25, -0.2) is 4.79 Å². The number of hydrogen-bond acceptors (Lipinski definition) is 4. The monoisotopic (exact) mass is 442 g/mol. The summed E-state index contributed by atoms with van der Waals surface area (Å²) >= 11 is 0. The number of phenolic OH excluding ortho intramolecular Hbond substituents is 1. The Morgan fingerprint density at radius 3 is 2.48 bits per heavy atom. The van der Waals surface area contributed by atoms with Crippen molar-refractivity contribution in [2.45, 2.75) is 50.5 Å². The van der Waals surface area contributed by atoms with Crippen LogP contribution in [0, 0.1) is 5.41 Å². The molecule has 0 saturated heterocycles. The van der Waals surface area contributed by atoms with Gasteiger partial charge in [0.05, 0.1) is 6.04 Å². The van der Waals surface area contributed by atoms with Crippen LogP contribution in [0.1, 0.15) is 67.2 Å².